The summed E-state index contributed by atoms with van der Waals surface area (Å²) in [4.78, 5) is 15.8. The maximum absolute atomic E-state index is 11.6. The van der Waals surface area contributed by atoms with Crippen LogP contribution in [0.5, 0.6) is 5.75 Å². The summed E-state index contributed by atoms with van der Waals surface area (Å²) < 4.78 is 5.19. The fourth-order valence-corrected chi connectivity index (χ4v) is 1.91. The maximum atomic E-state index is 11.6. The smallest absolute Gasteiger partial charge is 0.254 e. The second-order valence-electron chi connectivity index (χ2n) is 3.42. The molecule has 88 valence electrons. The molecule has 0 radical (unpaired) electrons. The Bertz CT molecular complexity index is 584. The molecule has 0 atom stereocenters. The van der Waals surface area contributed by atoms with E-state index in [-0.39, 0.29) is 5.91 Å². The van der Waals surface area contributed by atoms with E-state index < -0.39 is 0 Å². The van der Waals surface area contributed by atoms with Gasteiger partial charge in [-0.25, -0.2) is 0 Å². The molecule has 2 rings (SSSR count). The third-order valence-corrected chi connectivity index (χ3v) is 2.89. The Morgan fingerprint density at radius 2 is 2.24 bits per heavy atom. The van der Waals surface area contributed by atoms with Gasteiger partial charge in [0.25, 0.3) is 5.91 Å². The van der Waals surface area contributed by atoms with Crippen molar-refractivity contribution in [3.63, 3.8) is 0 Å². The van der Waals surface area contributed by atoms with Crippen LogP contribution in [0.25, 0.3) is 10.9 Å². The molecular weight excluding hydrogens is 240 g/mol. The van der Waals surface area contributed by atoms with Crippen molar-refractivity contribution in [2.45, 2.75) is 0 Å². The van der Waals surface area contributed by atoms with E-state index in [0.717, 1.165) is 0 Å². The van der Waals surface area contributed by atoms with Crippen molar-refractivity contribution in [1.82, 2.24) is 10.3 Å². The summed E-state index contributed by atoms with van der Waals surface area (Å²) in [6, 6.07) is 5.41. The highest BCUT2D eigenvalue weighted by molar-refractivity contribution is 6.38. The van der Waals surface area contributed by atoms with Gasteiger partial charge in [-0.2, -0.15) is 0 Å². The average molecular weight is 251 g/mol. The number of benzene rings is 1. The van der Waals surface area contributed by atoms with E-state index >= 15 is 0 Å². The molecule has 1 N–H and O–H groups in total. The summed E-state index contributed by atoms with van der Waals surface area (Å²) in [6.07, 6.45) is 1.45. The van der Waals surface area contributed by atoms with Gasteiger partial charge in [-0.05, 0) is 6.07 Å². The highest BCUT2D eigenvalue weighted by Gasteiger charge is 2.14. The topological polar surface area (TPSA) is 51.2 Å². The number of carbonyl (C=O) groups excluding carboxylic acids is 1. The number of rotatable bonds is 2. The van der Waals surface area contributed by atoms with Gasteiger partial charge in [-0.15, -0.1) is 0 Å². The lowest BCUT2D eigenvalue weighted by Gasteiger charge is -2.08. The van der Waals surface area contributed by atoms with Crippen LogP contribution in [0.1, 0.15) is 10.4 Å². The Kier molecular flexibility index (Phi) is 3.15. The molecule has 0 saturated carbocycles. The van der Waals surface area contributed by atoms with Crippen LogP contribution in [0.3, 0.4) is 0 Å². The van der Waals surface area contributed by atoms with E-state index in [1.165, 1.54) is 6.20 Å². The Balaban J connectivity index is 2.72. The SMILES string of the molecule is CNC(=O)c1cnc2c(OC)cccc2c1Cl. The van der Waals surface area contributed by atoms with Gasteiger partial charge in [0.1, 0.15) is 11.3 Å². The second kappa shape index (κ2) is 4.59. The lowest BCUT2D eigenvalue weighted by molar-refractivity contribution is 0.0963. The summed E-state index contributed by atoms with van der Waals surface area (Å²) in [5, 5.41) is 3.60. The van der Waals surface area contributed by atoms with Crippen LogP contribution < -0.4 is 10.1 Å². The zero-order valence-electron chi connectivity index (χ0n) is 9.45. The Hall–Kier alpha value is -1.81. The maximum Gasteiger partial charge on any atom is 0.254 e. The predicted octanol–water partition coefficient (Wildman–Crippen LogP) is 2.26. The predicted molar refractivity (Wildman–Crippen MR) is 66.7 cm³/mol. The van der Waals surface area contributed by atoms with Crippen molar-refractivity contribution >= 4 is 28.4 Å². The molecule has 0 aliphatic heterocycles. The van der Waals surface area contributed by atoms with E-state index in [0.29, 0.717) is 27.2 Å². The quantitative estimate of drug-likeness (QED) is 0.890. The van der Waals surface area contributed by atoms with Gasteiger partial charge < -0.3 is 10.1 Å². The summed E-state index contributed by atoms with van der Waals surface area (Å²) in [5.41, 5.74) is 1.00. The fraction of sp³-hybridized carbons (Fsp3) is 0.167. The van der Waals surface area contributed by atoms with E-state index in [1.54, 1.807) is 26.3 Å². The molecule has 5 heteroatoms. The van der Waals surface area contributed by atoms with E-state index in [1.807, 2.05) is 6.07 Å². The number of fused-ring (bicyclic) bond motifs is 1. The molecule has 0 saturated heterocycles. The van der Waals surface area contributed by atoms with Crippen molar-refractivity contribution in [2.75, 3.05) is 14.2 Å². The molecular formula is C12H11ClN2O2. The van der Waals surface area contributed by atoms with Gasteiger partial charge in [0.2, 0.25) is 0 Å². The summed E-state index contributed by atoms with van der Waals surface area (Å²) in [5.74, 6) is 0.375. The minimum absolute atomic E-state index is 0.257. The van der Waals surface area contributed by atoms with Gasteiger partial charge in [-0.1, -0.05) is 23.7 Å². The number of hydrogen-bond acceptors (Lipinski definition) is 3. The van der Waals surface area contributed by atoms with Crippen molar-refractivity contribution < 1.29 is 9.53 Å². The van der Waals surface area contributed by atoms with Gasteiger partial charge in [0.15, 0.2) is 0 Å². The first kappa shape index (κ1) is 11.7. The minimum Gasteiger partial charge on any atom is -0.494 e. The monoisotopic (exact) mass is 250 g/mol. The van der Waals surface area contributed by atoms with E-state index in [9.17, 15) is 4.79 Å². The molecule has 0 aliphatic carbocycles. The molecule has 1 amide bonds. The lowest BCUT2D eigenvalue weighted by atomic mass is 10.1. The van der Waals surface area contributed by atoms with Crippen molar-refractivity contribution in [3.8, 4) is 5.75 Å². The number of pyridine rings is 1. The van der Waals surface area contributed by atoms with Crippen molar-refractivity contribution in [3.05, 3.63) is 35.0 Å². The summed E-state index contributed by atoms with van der Waals surface area (Å²) in [6.45, 7) is 0. The number of ether oxygens (including phenoxy) is 1. The lowest BCUT2D eigenvalue weighted by Crippen LogP contribution is -2.18. The molecule has 0 unspecified atom stereocenters. The highest BCUT2D eigenvalue weighted by atomic mass is 35.5. The Labute approximate surface area is 104 Å². The molecule has 0 spiro atoms. The Morgan fingerprint density at radius 3 is 2.88 bits per heavy atom. The molecule has 4 nitrogen and oxygen atoms in total. The van der Waals surface area contributed by atoms with Gasteiger partial charge in [-0.3, -0.25) is 9.78 Å². The van der Waals surface area contributed by atoms with E-state index in [2.05, 4.69) is 10.3 Å². The molecule has 1 heterocycles. The van der Waals surface area contributed by atoms with Crippen LogP contribution in [-0.2, 0) is 0 Å². The third-order valence-electron chi connectivity index (χ3n) is 2.49. The van der Waals surface area contributed by atoms with Gasteiger partial charge in [0.05, 0.1) is 17.7 Å². The second-order valence-corrected chi connectivity index (χ2v) is 3.80. The first-order valence-corrected chi connectivity index (χ1v) is 5.40. The number of nitrogens with one attached hydrogen (secondary N) is 1. The molecule has 1 aromatic carbocycles. The molecule has 17 heavy (non-hydrogen) atoms. The van der Waals surface area contributed by atoms with Crippen molar-refractivity contribution in [2.24, 2.45) is 0 Å². The molecule has 1 aromatic heterocycles. The number of amides is 1. The van der Waals surface area contributed by atoms with Crippen molar-refractivity contribution in [1.29, 1.82) is 0 Å². The van der Waals surface area contributed by atoms with Crippen LogP contribution >= 0.6 is 11.6 Å². The first-order chi connectivity index (χ1) is 8.19. The van der Waals surface area contributed by atoms with Crippen LogP contribution in [0.2, 0.25) is 5.02 Å². The Morgan fingerprint density at radius 1 is 1.47 bits per heavy atom. The third kappa shape index (κ3) is 1.91. The van der Waals surface area contributed by atoms with Crippen LogP contribution in [-0.4, -0.2) is 25.0 Å². The van der Waals surface area contributed by atoms with E-state index in [4.69, 9.17) is 16.3 Å². The first-order valence-electron chi connectivity index (χ1n) is 5.02. The largest absolute Gasteiger partial charge is 0.494 e. The fourth-order valence-electron chi connectivity index (χ4n) is 1.62. The number of methoxy groups -OCH3 is 1. The highest BCUT2D eigenvalue weighted by Crippen LogP contribution is 2.30. The summed E-state index contributed by atoms with van der Waals surface area (Å²) in [7, 11) is 3.12. The number of halogens is 1. The molecule has 0 bridgehead atoms. The molecule has 0 aliphatic rings. The minimum atomic E-state index is -0.257. The van der Waals surface area contributed by atoms with Crippen LogP contribution in [0, 0.1) is 0 Å². The zero-order chi connectivity index (χ0) is 12.4. The number of aromatic nitrogens is 1. The van der Waals surface area contributed by atoms with Crippen LogP contribution in [0.15, 0.2) is 24.4 Å². The average Bonchev–Trinajstić information content (AvgIpc) is 2.38. The normalized spacial score (nSPS) is 10.3. The standard InChI is InChI=1S/C12H11ClN2O2/c1-14-12(16)8-6-15-11-7(10(8)13)4-3-5-9(11)17-2/h3-6H,1-2H3,(H,14,16). The van der Waals surface area contributed by atoms with Gasteiger partial charge in [0, 0.05) is 18.6 Å². The molecule has 2 aromatic rings. The number of para-hydroxylation sites is 1. The number of carbonyl (C=O) groups is 1. The van der Waals surface area contributed by atoms with Crippen LogP contribution in [0.4, 0.5) is 0 Å². The number of nitrogens with zero attached hydrogens (tertiary/aromatic N) is 1. The molecule has 0 fully saturated rings. The zero-order valence-corrected chi connectivity index (χ0v) is 10.2. The number of hydrogen-bond donors (Lipinski definition) is 1. The summed E-state index contributed by atoms with van der Waals surface area (Å²) >= 11 is 6.19. The van der Waals surface area contributed by atoms with Gasteiger partial charge >= 0.3 is 0 Å².